The van der Waals surface area contributed by atoms with Crippen molar-refractivity contribution in [1.29, 1.82) is 0 Å². The van der Waals surface area contributed by atoms with Gasteiger partial charge in [-0.15, -0.1) is 0 Å². The molecule has 1 heterocycles. The minimum absolute atomic E-state index is 0.0203. The van der Waals surface area contributed by atoms with Gasteiger partial charge in [-0.3, -0.25) is 19.7 Å². The normalized spacial score (nSPS) is 10.5. The molecule has 0 bridgehead atoms. The number of carboxylic acid groups (broad SMARTS) is 1. The first-order valence-electron chi connectivity index (χ1n) is 7.32. The van der Waals surface area contributed by atoms with Crippen LogP contribution in [-0.2, 0) is 0 Å². The smallest absolute Gasteiger partial charge is 0.335 e. The molecular formula is C17H11N3O6. The number of hydrogen-bond donors (Lipinski definition) is 3. The summed E-state index contributed by atoms with van der Waals surface area (Å²) in [5.41, 5.74) is -1.12. The zero-order chi connectivity index (χ0) is 18.8. The van der Waals surface area contributed by atoms with Crippen LogP contribution in [0.4, 0.5) is 11.4 Å². The standard InChI is InChI=1S/C17H11N3O6/c21-15(18-11-5-1-4-10(7-11)17(23)24)12-8-9-3-2-6-13(20(25)26)14(9)19-16(12)22/h1-8H,(H,18,21)(H,19,22)(H,23,24). The van der Waals surface area contributed by atoms with E-state index in [1.807, 2.05) is 0 Å². The summed E-state index contributed by atoms with van der Waals surface area (Å²) >= 11 is 0. The number of nitrogens with zero attached hydrogens (tertiary/aromatic N) is 1. The Bertz CT molecular complexity index is 1120. The lowest BCUT2D eigenvalue weighted by atomic mass is 10.1. The zero-order valence-electron chi connectivity index (χ0n) is 13.1. The Morgan fingerprint density at radius 1 is 1.12 bits per heavy atom. The highest BCUT2D eigenvalue weighted by Gasteiger charge is 2.17. The third-order valence-corrected chi connectivity index (χ3v) is 3.67. The quantitative estimate of drug-likeness (QED) is 0.485. The van der Waals surface area contributed by atoms with E-state index in [1.165, 1.54) is 48.5 Å². The predicted molar refractivity (Wildman–Crippen MR) is 92.6 cm³/mol. The van der Waals surface area contributed by atoms with Crippen LogP contribution in [-0.4, -0.2) is 26.9 Å². The van der Waals surface area contributed by atoms with Gasteiger partial charge in [-0.25, -0.2) is 4.79 Å². The van der Waals surface area contributed by atoms with Crippen molar-refractivity contribution in [3.05, 3.63) is 80.1 Å². The molecule has 0 spiro atoms. The van der Waals surface area contributed by atoms with Crippen LogP contribution in [0.1, 0.15) is 20.7 Å². The number of para-hydroxylation sites is 1. The number of hydrogen-bond acceptors (Lipinski definition) is 5. The van der Waals surface area contributed by atoms with E-state index in [-0.39, 0.29) is 28.0 Å². The number of anilines is 1. The maximum Gasteiger partial charge on any atom is 0.335 e. The molecule has 1 aromatic heterocycles. The van der Waals surface area contributed by atoms with Crippen LogP contribution >= 0.6 is 0 Å². The maximum atomic E-state index is 12.4. The summed E-state index contributed by atoms with van der Waals surface area (Å²) in [5, 5.41) is 22.8. The number of nitro benzene ring substituents is 1. The van der Waals surface area contributed by atoms with Gasteiger partial charge in [0.1, 0.15) is 11.1 Å². The third kappa shape index (κ3) is 3.13. The molecular weight excluding hydrogens is 342 g/mol. The van der Waals surface area contributed by atoms with Gasteiger partial charge in [-0.2, -0.15) is 0 Å². The molecule has 3 aromatic rings. The van der Waals surface area contributed by atoms with Crippen LogP contribution in [0.15, 0.2) is 53.3 Å². The molecule has 0 aliphatic rings. The number of amides is 1. The number of carbonyl (C=O) groups excluding carboxylic acids is 1. The van der Waals surface area contributed by atoms with Crippen molar-refractivity contribution < 1.29 is 19.6 Å². The molecule has 1 amide bonds. The lowest BCUT2D eigenvalue weighted by molar-refractivity contribution is -0.383. The molecule has 0 atom stereocenters. The van der Waals surface area contributed by atoms with Crippen molar-refractivity contribution in [3.63, 3.8) is 0 Å². The lowest BCUT2D eigenvalue weighted by Gasteiger charge is -2.07. The van der Waals surface area contributed by atoms with E-state index in [2.05, 4.69) is 10.3 Å². The number of aromatic carboxylic acids is 1. The second kappa shape index (κ2) is 6.48. The summed E-state index contributed by atoms with van der Waals surface area (Å²) in [6.07, 6.45) is 0. The number of non-ortho nitro benzene ring substituents is 1. The van der Waals surface area contributed by atoms with Crippen molar-refractivity contribution in [2.75, 3.05) is 5.32 Å². The molecule has 130 valence electrons. The molecule has 26 heavy (non-hydrogen) atoms. The van der Waals surface area contributed by atoms with Crippen LogP contribution in [0, 0.1) is 10.1 Å². The van der Waals surface area contributed by atoms with Gasteiger partial charge in [0.25, 0.3) is 17.2 Å². The highest BCUT2D eigenvalue weighted by Crippen LogP contribution is 2.22. The molecule has 0 unspecified atom stereocenters. The van der Waals surface area contributed by atoms with Crippen LogP contribution in [0.2, 0.25) is 0 Å². The van der Waals surface area contributed by atoms with Crippen LogP contribution in [0.25, 0.3) is 10.9 Å². The summed E-state index contributed by atoms with van der Waals surface area (Å²) in [6.45, 7) is 0. The Labute approximate surface area is 145 Å². The van der Waals surface area contributed by atoms with Crippen molar-refractivity contribution >= 4 is 34.2 Å². The first kappa shape index (κ1) is 16.8. The average Bonchev–Trinajstić information content (AvgIpc) is 2.60. The summed E-state index contributed by atoms with van der Waals surface area (Å²) in [4.78, 5) is 48.3. The SMILES string of the molecule is O=C(O)c1cccc(NC(=O)c2cc3cccc([N+](=O)[O-])c3[nH]c2=O)c1. The average molecular weight is 353 g/mol. The highest BCUT2D eigenvalue weighted by atomic mass is 16.6. The van der Waals surface area contributed by atoms with E-state index in [4.69, 9.17) is 5.11 Å². The number of nitro groups is 1. The van der Waals surface area contributed by atoms with Crippen LogP contribution < -0.4 is 10.9 Å². The molecule has 9 heteroatoms. The predicted octanol–water partition coefficient (Wildman–Crippen LogP) is 2.39. The summed E-state index contributed by atoms with van der Waals surface area (Å²) in [6, 6.07) is 11.0. The first-order valence-corrected chi connectivity index (χ1v) is 7.32. The molecule has 3 rings (SSSR count). The first-order chi connectivity index (χ1) is 12.4. The number of pyridine rings is 1. The number of nitrogens with one attached hydrogen (secondary N) is 2. The van der Waals surface area contributed by atoms with Gasteiger partial charge in [0, 0.05) is 17.1 Å². The fourth-order valence-electron chi connectivity index (χ4n) is 2.47. The van der Waals surface area contributed by atoms with Crippen LogP contribution in [0.5, 0.6) is 0 Å². The summed E-state index contributed by atoms with van der Waals surface area (Å²) < 4.78 is 0. The Morgan fingerprint density at radius 2 is 1.85 bits per heavy atom. The number of benzene rings is 2. The van der Waals surface area contributed by atoms with Gasteiger partial charge in [-0.05, 0) is 24.3 Å². The lowest BCUT2D eigenvalue weighted by Crippen LogP contribution is -2.23. The number of carboxylic acids is 1. The summed E-state index contributed by atoms with van der Waals surface area (Å²) in [5.74, 6) is -1.92. The number of H-pyrrole nitrogens is 1. The number of aromatic amines is 1. The second-order valence-electron chi connectivity index (χ2n) is 5.35. The minimum Gasteiger partial charge on any atom is -0.478 e. The van der Waals surface area contributed by atoms with Crippen molar-refractivity contribution in [2.45, 2.75) is 0 Å². The molecule has 0 saturated carbocycles. The van der Waals surface area contributed by atoms with Crippen molar-refractivity contribution in [1.82, 2.24) is 4.98 Å². The molecule has 2 aromatic carbocycles. The largest absolute Gasteiger partial charge is 0.478 e. The third-order valence-electron chi connectivity index (χ3n) is 3.67. The van der Waals surface area contributed by atoms with E-state index in [1.54, 1.807) is 0 Å². The van der Waals surface area contributed by atoms with Gasteiger partial charge in [-0.1, -0.05) is 18.2 Å². The fraction of sp³-hybridized carbons (Fsp3) is 0. The van der Waals surface area contributed by atoms with E-state index in [0.717, 1.165) is 0 Å². The monoisotopic (exact) mass is 353 g/mol. The maximum absolute atomic E-state index is 12.4. The van der Waals surface area contributed by atoms with E-state index in [9.17, 15) is 24.5 Å². The second-order valence-corrected chi connectivity index (χ2v) is 5.35. The number of aromatic nitrogens is 1. The molecule has 0 aliphatic heterocycles. The summed E-state index contributed by atoms with van der Waals surface area (Å²) in [7, 11) is 0. The molecule has 3 N–H and O–H groups in total. The molecule has 9 nitrogen and oxygen atoms in total. The molecule has 0 radical (unpaired) electrons. The van der Waals surface area contributed by atoms with Gasteiger partial charge in [0.15, 0.2) is 0 Å². The van der Waals surface area contributed by atoms with Gasteiger partial charge in [0.05, 0.1) is 10.5 Å². The number of fused-ring (bicyclic) bond motifs is 1. The van der Waals surface area contributed by atoms with Crippen molar-refractivity contribution in [2.24, 2.45) is 0 Å². The molecule has 0 saturated heterocycles. The Morgan fingerprint density at radius 3 is 2.54 bits per heavy atom. The number of carbonyl (C=O) groups is 2. The number of rotatable bonds is 4. The Hall–Kier alpha value is -4.01. The minimum atomic E-state index is -1.16. The zero-order valence-corrected chi connectivity index (χ0v) is 13.1. The van der Waals surface area contributed by atoms with Crippen molar-refractivity contribution in [3.8, 4) is 0 Å². The van der Waals surface area contributed by atoms with E-state index < -0.39 is 22.4 Å². The topological polar surface area (TPSA) is 142 Å². The van der Waals surface area contributed by atoms with Crippen LogP contribution in [0.3, 0.4) is 0 Å². The Balaban J connectivity index is 2.00. The van der Waals surface area contributed by atoms with Gasteiger partial charge < -0.3 is 15.4 Å². The Kier molecular flexibility index (Phi) is 4.19. The van der Waals surface area contributed by atoms with E-state index in [0.29, 0.717) is 5.39 Å². The molecule has 0 fully saturated rings. The van der Waals surface area contributed by atoms with Gasteiger partial charge in [0.2, 0.25) is 0 Å². The fourth-order valence-corrected chi connectivity index (χ4v) is 2.47. The van der Waals surface area contributed by atoms with Gasteiger partial charge >= 0.3 is 5.97 Å². The molecule has 0 aliphatic carbocycles. The highest BCUT2D eigenvalue weighted by molar-refractivity contribution is 6.06. The van der Waals surface area contributed by atoms with E-state index >= 15 is 0 Å².